The summed E-state index contributed by atoms with van der Waals surface area (Å²) in [4.78, 5) is 6.66. The fraction of sp³-hybridized carbons (Fsp3) is 0.238. The standard InChI is InChI=1S/C21H20ClN3OS/c1-3-25-20(19(24-21(25)27)16-9-4-5-12-23-16)18-11-10-17(26-18)14-7-6-8-15(22)13(14)2/h4-12,19-20H,3H2,1-2H3,(H,24,27)/t19-,20+/m0/s1. The van der Waals surface area contributed by atoms with Crippen molar-refractivity contribution in [1.82, 2.24) is 15.2 Å². The van der Waals surface area contributed by atoms with Crippen LogP contribution in [0.1, 0.15) is 36.0 Å². The largest absolute Gasteiger partial charge is 0.459 e. The van der Waals surface area contributed by atoms with E-state index in [2.05, 4.69) is 22.1 Å². The van der Waals surface area contributed by atoms with Crippen LogP contribution in [-0.2, 0) is 0 Å². The van der Waals surface area contributed by atoms with Crippen molar-refractivity contribution in [3.8, 4) is 11.3 Å². The molecule has 138 valence electrons. The van der Waals surface area contributed by atoms with Crippen LogP contribution in [0.5, 0.6) is 0 Å². The number of nitrogens with one attached hydrogen (secondary N) is 1. The number of benzene rings is 1. The van der Waals surface area contributed by atoms with Crippen LogP contribution < -0.4 is 5.32 Å². The fourth-order valence-electron chi connectivity index (χ4n) is 3.59. The minimum Gasteiger partial charge on any atom is -0.459 e. The highest BCUT2D eigenvalue weighted by Gasteiger charge is 2.40. The number of thiocarbonyl (C=S) groups is 1. The van der Waals surface area contributed by atoms with Gasteiger partial charge in [0.25, 0.3) is 0 Å². The second-order valence-corrected chi connectivity index (χ2v) is 7.32. The van der Waals surface area contributed by atoms with E-state index in [1.165, 1.54) is 0 Å². The lowest BCUT2D eigenvalue weighted by Gasteiger charge is -2.24. The quantitative estimate of drug-likeness (QED) is 0.605. The van der Waals surface area contributed by atoms with E-state index in [0.29, 0.717) is 0 Å². The van der Waals surface area contributed by atoms with Crippen molar-refractivity contribution in [2.75, 3.05) is 6.54 Å². The first kappa shape index (κ1) is 18.0. The van der Waals surface area contributed by atoms with Crippen molar-refractivity contribution in [3.05, 3.63) is 76.8 Å². The van der Waals surface area contributed by atoms with Gasteiger partial charge in [-0.15, -0.1) is 0 Å². The summed E-state index contributed by atoms with van der Waals surface area (Å²) in [5.74, 6) is 1.66. The van der Waals surface area contributed by atoms with Gasteiger partial charge in [-0.05, 0) is 62.0 Å². The molecule has 0 amide bonds. The molecule has 4 rings (SSSR count). The Balaban J connectivity index is 1.75. The molecule has 0 saturated carbocycles. The van der Waals surface area contributed by atoms with E-state index >= 15 is 0 Å². The number of aromatic nitrogens is 1. The molecule has 1 aliphatic heterocycles. The van der Waals surface area contributed by atoms with E-state index in [1.807, 2.05) is 55.5 Å². The van der Waals surface area contributed by atoms with Crippen LogP contribution in [-0.4, -0.2) is 21.5 Å². The van der Waals surface area contributed by atoms with E-state index in [9.17, 15) is 0 Å². The van der Waals surface area contributed by atoms with Crippen LogP contribution in [0.3, 0.4) is 0 Å². The predicted octanol–water partition coefficient (Wildman–Crippen LogP) is 5.30. The van der Waals surface area contributed by atoms with Crippen LogP contribution in [0.15, 0.2) is 59.1 Å². The van der Waals surface area contributed by atoms with E-state index in [4.69, 9.17) is 28.2 Å². The Morgan fingerprint density at radius 3 is 2.78 bits per heavy atom. The maximum atomic E-state index is 6.29. The predicted molar refractivity (Wildman–Crippen MR) is 112 cm³/mol. The van der Waals surface area contributed by atoms with Crippen molar-refractivity contribution < 1.29 is 4.42 Å². The molecule has 1 saturated heterocycles. The zero-order chi connectivity index (χ0) is 19.0. The second-order valence-electron chi connectivity index (χ2n) is 6.53. The van der Waals surface area contributed by atoms with E-state index in [1.54, 1.807) is 6.20 Å². The zero-order valence-corrected chi connectivity index (χ0v) is 16.7. The summed E-state index contributed by atoms with van der Waals surface area (Å²) in [6, 6.07) is 15.7. The Kier molecular flexibility index (Phi) is 4.89. The maximum absolute atomic E-state index is 6.29. The van der Waals surface area contributed by atoms with Gasteiger partial charge in [0.2, 0.25) is 0 Å². The molecular weight excluding hydrogens is 378 g/mol. The molecule has 1 aliphatic rings. The Hall–Kier alpha value is -2.37. The van der Waals surface area contributed by atoms with Crippen molar-refractivity contribution >= 4 is 28.9 Å². The Bertz CT molecular complexity index is 973. The zero-order valence-electron chi connectivity index (χ0n) is 15.1. The van der Waals surface area contributed by atoms with Gasteiger partial charge in [-0.25, -0.2) is 0 Å². The molecule has 27 heavy (non-hydrogen) atoms. The van der Waals surface area contributed by atoms with Gasteiger partial charge in [-0.1, -0.05) is 29.8 Å². The van der Waals surface area contributed by atoms with Crippen LogP contribution in [0.2, 0.25) is 5.02 Å². The van der Waals surface area contributed by atoms with Crippen molar-refractivity contribution in [3.63, 3.8) is 0 Å². The Morgan fingerprint density at radius 1 is 1.19 bits per heavy atom. The molecule has 0 unspecified atom stereocenters. The van der Waals surface area contributed by atoms with Gasteiger partial charge in [0.1, 0.15) is 17.6 Å². The molecule has 6 heteroatoms. The maximum Gasteiger partial charge on any atom is 0.170 e. The average molecular weight is 398 g/mol. The topological polar surface area (TPSA) is 41.3 Å². The van der Waals surface area contributed by atoms with Gasteiger partial charge >= 0.3 is 0 Å². The summed E-state index contributed by atoms with van der Waals surface area (Å²) < 4.78 is 6.29. The normalized spacial score (nSPS) is 19.4. The molecular formula is C21H20ClN3OS. The first-order valence-corrected chi connectivity index (χ1v) is 9.72. The third kappa shape index (κ3) is 3.22. The minimum atomic E-state index is -0.0573. The molecule has 1 aromatic carbocycles. The number of hydrogen-bond acceptors (Lipinski definition) is 3. The average Bonchev–Trinajstić information content (AvgIpc) is 3.28. The molecule has 4 nitrogen and oxygen atoms in total. The highest BCUT2D eigenvalue weighted by atomic mass is 35.5. The smallest absolute Gasteiger partial charge is 0.170 e. The number of nitrogens with zero attached hydrogens (tertiary/aromatic N) is 2. The lowest BCUT2D eigenvalue weighted by Crippen LogP contribution is -2.29. The highest BCUT2D eigenvalue weighted by Crippen LogP contribution is 2.40. The number of furan rings is 1. The molecule has 3 aromatic rings. The van der Waals surface area contributed by atoms with Crippen LogP contribution in [0.4, 0.5) is 0 Å². The van der Waals surface area contributed by atoms with Crippen molar-refractivity contribution in [2.45, 2.75) is 25.9 Å². The third-order valence-electron chi connectivity index (χ3n) is 4.99. The first-order valence-electron chi connectivity index (χ1n) is 8.93. The van der Waals surface area contributed by atoms with Gasteiger partial charge in [0.15, 0.2) is 5.11 Å². The molecule has 0 radical (unpaired) electrons. The number of rotatable bonds is 4. The molecule has 1 fully saturated rings. The molecule has 0 bridgehead atoms. The van der Waals surface area contributed by atoms with Gasteiger partial charge in [0.05, 0.1) is 11.7 Å². The van der Waals surface area contributed by atoms with Gasteiger partial charge in [-0.2, -0.15) is 0 Å². The van der Waals surface area contributed by atoms with E-state index in [0.717, 1.165) is 45.0 Å². The van der Waals surface area contributed by atoms with Crippen LogP contribution >= 0.6 is 23.8 Å². The van der Waals surface area contributed by atoms with Crippen molar-refractivity contribution in [2.24, 2.45) is 0 Å². The van der Waals surface area contributed by atoms with E-state index in [-0.39, 0.29) is 12.1 Å². The Labute approximate surface area is 169 Å². The summed E-state index contributed by atoms with van der Waals surface area (Å²) in [6.45, 7) is 4.87. The Morgan fingerprint density at radius 2 is 2.04 bits per heavy atom. The van der Waals surface area contributed by atoms with Crippen molar-refractivity contribution in [1.29, 1.82) is 0 Å². The second kappa shape index (κ2) is 7.33. The molecule has 0 aliphatic carbocycles. The van der Waals surface area contributed by atoms with Gasteiger partial charge in [-0.3, -0.25) is 4.98 Å². The van der Waals surface area contributed by atoms with Gasteiger partial charge in [0, 0.05) is 23.3 Å². The van der Waals surface area contributed by atoms with Gasteiger partial charge < -0.3 is 14.6 Å². The summed E-state index contributed by atoms with van der Waals surface area (Å²) >= 11 is 11.8. The highest BCUT2D eigenvalue weighted by molar-refractivity contribution is 7.80. The minimum absolute atomic E-state index is 0.0503. The molecule has 3 heterocycles. The number of pyridine rings is 1. The summed E-state index contributed by atoms with van der Waals surface area (Å²) in [5, 5.41) is 4.85. The van der Waals surface area contributed by atoms with Crippen LogP contribution in [0.25, 0.3) is 11.3 Å². The summed E-state index contributed by atoms with van der Waals surface area (Å²) in [5.41, 5.74) is 2.95. The fourth-order valence-corrected chi connectivity index (χ4v) is 4.13. The summed E-state index contributed by atoms with van der Waals surface area (Å²) in [6.07, 6.45) is 1.80. The summed E-state index contributed by atoms with van der Waals surface area (Å²) in [7, 11) is 0. The molecule has 2 aromatic heterocycles. The first-order chi connectivity index (χ1) is 13.1. The number of halogens is 1. The lowest BCUT2D eigenvalue weighted by atomic mass is 10.0. The molecule has 2 atom stereocenters. The SMILES string of the molecule is CCN1C(=S)N[C@@H](c2ccccn2)[C@H]1c1ccc(-c2cccc(Cl)c2C)o1. The number of likely N-dealkylation sites (N-methyl/N-ethyl adjacent to an activating group) is 1. The molecule has 1 N–H and O–H groups in total. The third-order valence-corrected chi connectivity index (χ3v) is 5.75. The molecule has 0 spiro atoms. The number of hydrogen-bond donors (Lipinski definition) is 1. The lowest BCUT2D eigenvalue weighted by molar-refractivity contribution is 0.284. The van der Waals surface area contributed by atoms with Crippen LogP contribution in [0, 0.1) is 6.92 Å². The monoisotopic (exact) mass is 397 g/mol. The van der Waals surface area contributed by atoms with E-state index < -0.39 is 0 Å².